The monoisotopic (exact) mass is 384 g/mol. The van der Waals surface area contributed by atoms with Crippen molar-refractivity contribution in [3.63, 3.8) is 0 Å². The van der Waals surface area contributed by atoms with E-state index in [0.717, 1.165) is 17.0 Å². The van der Waals surface area contributed by atoms with Gasteiger partial charge in [0, 0.05) is 36.3 Å². The molecular weight excluding hydrogens is 364 g/mol. The van der Waals surface area contributed by atoms with E-state index in [2.05, 4.69) is 19.9 Å². The first kappa shape index (κ1) is 17.6. The van der Waals surface area contributed by atoms with Gasteiger partial charge in [0.15, 0.2) is 0 Å². The van der Waals surface area contributed by atoms with Crippen LogP contribution in [0.3, 0.4) is 0 Å². The number of anilines is 1. The fourth-order valence-corrected chi connectivity index (χ4v) is 3.96. The van der Waals surface area contributed by atoms with Crippen LogP contribution in [0.2, 0.25) is 0 Å². The lowest BCUT2D eigenvalue weighted by Crippen LogP contribution is -2.36. The van der Waals surface area contributed by atoms with Crippen molar-refractivity contribution < 1.29 is 9.21 Å². The molecular formula is C18H20N6O2S. The van der Waals surface area contributed by atoms with Crippen molar-refractivity contribution in [2.75, 3.05) is 25.9 Å². The van der Waals surface area contributed by atoms with Crippen LogP contribution >= 0.6 is 11.3 Å². The third-order valence-electron chi connectivity index (χ3n) is 4.68. The number of carbonyl (C=O) groups is 1. The average molecular weight is 384 g/mol. The van der Waals surface area contributed by atoms with E-state index in [1.165, 1.54) is 11.3 Å². The van der Waals surface area contributed by atoms with Crippen LogP contribution in [0.5, 0.6) is 0 Å². The van der Waals surface area contributed by atoms with Crippen LogP contribution in [-0.2, 0) is 6.54 Å². The second-order valence-corrected chi connectivity index (χ2v) is 7.41. The Hall–Kier alpha value is -2.78. The summed E-state index contributed by atoms with van der Waals surface area (Å²) in [6.45, 7) is 1.97. The van der Waals surface area contributed by atoms with E-state index in [9.17, 15) is 4.79 Å². The maximum absolute atomic E-state index is 12.8. The molecule has 27 heavy (non-hydrogen) atoms. The normalized spacial score (nSPS) is 17.0. The lowest BCUT2D eigenvalue weighted by molar-refractivity contribution is 0.0774. The van der Waals surface area contributed by atoms with E-state index >= 15 is 0 Å². The average Bonchev–Trinajstić information content (AvgIpc) is 3.41. The Labute approximate surface area is 160 Å². The summed E-state index contributed by atoms with van der Waals surface area (Å²) in [5.74, 6) is 1.12. The third-order valence-corrected chi connectivity index (χ3v) is 5.57. The summed E-state index contributed by atoms with van der Waals surface area (Å²) in [7, 11) is 2.02. The maximum Gasteiger partial charge on any atom is 0.273 e. The summed E-state index contributed by atoms with van der Waals surface area (Å²) in [4.78, 5) is 29.8. The van der Waals surface area contributed by atoms with Gasteiger partial charge in [-0.25, -0.2) is 15.0 Å². The van der Waals surface area contributed by atoms with Crippen molar-refractivity contribution in [2.45, 2.75) is 19.0 Å². The molecule has 4 rings (SSSR count). The standard InChI is InChI=1S/C18H20N6O2S/c1-23(9-16-20-5-2-15(19)22-16)13-3-6-24(8-13)18(25)14-11-27-17(21-14)12-4-7-26-10-12/h2,4-5,7,10-11,13H,3,6,8-9H2,1H3,(H2,19,20,22)/t13-/m0/s1. The minimum absolute atomic E-state index is 0.0305. The molecule has 0 bridgehead atoms. The number of thiazole rings is 1. The smallest absolute Gasteiger partial charge is 0.273 e. The fourth-order valence-electron chi connectivity index (χ4n) is 3.18. The maximum atomic E-state index is 12.8. The van der Waals surface area contributed by atoms with Crippen LogP contribution in [0.15, 0.2) is 40.7 Å². The van der Waals surface area contributed by atoms with E-state index in [1.54, 1.807) is 24.8 Å². The van der Waals surface area contributed by atoms with Crippen LogP contribution < -0.4 is 5.73 Å². The summed E-state index contributed by atoms with van der Waals surface area (Å²) >= 11 is 1.45. The van der Waals surface area contributed by atoms with Crippen molar-refractivity contribution in [3.05, 3.63) is 47.8 Å². The molecule has 1 fully saturated rings. The largest absolute Gasteiger partial charge is 0.472 e. The zero-order valence-electron chi connectivity index (χ0n) is 14.9. The fraction of sp³-hybridized carbons (Fsp3) is 0.333. The first-order chi connectivity index (χ1) is 13.1. The van der Waals surface area contributed by atoms with Gasteiger partial charge in [-0.15, -0.1) is 11.3 Å². The van der Waals surface area contributed by atoms with Crippen LogP contribution in [0.4, 0.5) is 5.82 Å². The number of nitrogens with two attached hydrogens (primary N) is 1. The van der Waals surface area contributed by atoms with Crippen molar-refractivity contribution in [2.24, 2.45) is 0 Å². The molecule has 9 heteroatoms. The minimum atomic E-state index is -0.0305. The van der Waals surface area contributed by atoms with Gasteiger partial charge in [0.25, 0.3) is 5.91 Å². The summed E-state index contributed by atoms with van der Waals surface area (Å²) < 4.78 is 5.08. The summed E-state index contributed by atoms with van der Waals surface area (Å²) in [6.07, 6.45) is 5.80. The molecule has 1 aliphatic heterocycles. The Morgan fingerprint density at radius 1 is 1.44 bits per heavy atom. The predicted molar refractivity (Wildman–Crippen MR) is 102 cm³/mol. The Morgan fingerprint density at radius 2 is 2.33 bits per heavy atom. The molecule has 0 saturated carbocycles. The van der Waals surface area contributed by atoms with Crippen molar-refractivity contribution in [1.82, 2.24) is 24.8 Å². The number of nitrogen functional groups attached to an aromatic ring is 1. The number of furan rings is 1. The highest BCUT2D eigenvalue weighted by Gasteiger charge is 2.30. The zero-order chi connectivity index (χ0) is 18.8. The van der Waals surface area contributed by atoms with Gasteiger partial charge >= 0.3 is 0 Å². The Morgan fingerprint density at radius 3 is 3.11 bits per heavy atom. The molecule has 1 saturated heterocycles. The van der Waals surface area contributed by atoms with Gasteiger partial charge in [-0.3, -0.25) is 9.69 Å². The number of hydrogen-bond acceptors (Lipinski definition) is 8. The topological polar surface area (TPSA) is 101 Å². The molecule has 1 atom stereocenters. The molecule has 3 aromatic rings. The van der Waals surface area contributed by atoms with Gasteiger partial charge in [0.2, 0.25) is 0 Å². The molecule has 4 heterocycles. The molecule has 140 valence electrons. The number of hydrogen-bond donors (Lipinski definition) is 1. The Bertz CT molecular complexity index is 926. The highest BCUT2D eigenvalue weighted by molar-refractivity contribution is 7.13. The van der Waals surface area contributed by atoms with Crippen molar-refractivity contribution >= 4 is 23.1 Å². The van der Waals surface area contributed by atoms with Gasteiger partial charge in [0.05, 0.1) is 12.8 Å². The minimum Gasteiger partial charge on any atom is -0.472 e. The Kier molecular flexibility index (Phi) is 4.87. The summed E-state index contributed by atoms with van der Waals surface area (Å²) in [5.41, 5.74) is 7.09. The first-order valence-electron chi connectivity index (χ1n) is 8.65. The van der Waals surface area contributed by atoms with Crippen LogP contribution in [-0.4, -0.2) is 56.8 Å². The van der Waals surface area contributed by atoms with Gasteiger partial charge in [0.1, 0.15) is 28.6 Å². The third kappa shape index (κ3) is 3.83. The van der Waals surface area contributed by atoms with Crippen molar-refractivity contribution in [3.8, 4) is 10.6 Å². The van der Waals surface area contributed by atoms with E-state index in [1.807, 2.05) is 23.4 Å². The molecule has 0 spiro atoms. The van der Waals surface area contributed by atoms with Crippen LogP contribution in [0, 0.1) is 0 Å². The van der Waals surface area contributed by atoms with Crippen LogP contribution in [0.1, 0.15) is 22.7 Å². The number of carbonyl (C=O) groups excluding carboxylic acids is 1. The van der Waals surface area contributed by atoms with Gasteiger partial charge < -0.3 is 15.1 Å². The van der Waals surface area contributed by atoms with Crippen molar-refractivity contribution in [1.29, 1.82) is 0 Å². The lowest BCUT2D eigenvalue weighted by Gasteiger charge is -2.23. The van der Waals surface area contributed by atoms with Gasteiger partial charge in [-0.05, 0) is 25.6 Å². The molecule has 0 aliphatic carbocycles. The number of likely N-dealkylation sites (tertiary alicyclic amines) is 1. The SMILES string of the molecule is CN(Cc1nccc(N)n1)[C@H]1CCN(C(=O)c2csc(-c3ccoc3)n2)C1. The number of rotatable bonds is 5. The van der Waals surface area contributed by atoms with Gasteiger partial charge in [-0.1, -0.05) is 0 Å². The van der Waals surface area contributed by atoms with E-state index in [4.69, 9.17) is 10.2 Å². The molecule has 0 radical (unpaired) electrons. The number of nitrogens with zero attached hydrogens (tertiary/aromatic N) is 5. The number of aromatic nitrogens is 3. The molecule has 1 aliphatic rings. The summed E-state index contributed by atoms with van der Waals surface area (Å²) in [6, 6.07) is 3.77. The molecule has 8 nitrogen and oxygen atoms in total. The second kappa shape index (κ2) is 7.45. The lowest BCUT2D eigenvalue weighted by atomic mass is 10.2. The molecule has 3 aromatic heterocycles. The highest BCUT2D eigenvalue weighted by Crippen LogP contribution is 2.25. The molecule has 1 amide bonds. The highest BCUT2D eigenvalue weighted by atomic mass is 32.1. The Balaban J connectivity index is 1.38. The quantitative estimate of drug-likeness (QED) is 0.719. The molecule has 2 N–H and O–H groups in total. The molecule has 0 aromatic carbocycles. The number of amides is 1. The molecule has 0 unspecified atom stereocenters. The predicted octanol–water partition coefficient (Wildman–Crippen LogP) is 2.12. The first-order valence-corrected chi connectivity index (χ1v) is 9.53. The number of likely N-dealkylation sites (N-methyl/N-ethyl adjacent to an activating group) is 1. The van der Waals surface area contributed by atoms with E-state index in [0.29, 0.717) is 37.0 Å². The van der Waals surface area contributed by atoms with E-state index in [-0.39, 0.29) is 11.9 Å². The zero-order valence-corrected chi connectivity index (χ0v) is 15.7. The summed E-state index contributed by atoms with van der Waals surface area (Å²) in [5, 5.41) is 2.60. The van der Waals surface area contributed by atoms with Crippen LogP contribution in [0.25, 0.3) is 10.6 Å². The second-order valence-electron chi connectivity index (χ2n) is 6.56. The van der Waals surface area contributed by atoms with Gasteiger partial charge in [-0.2, -0.15) is 0 Å². The van der Waals surface area contributed by atoms with E-state index < -0.39 is 0 Å².